The van der Waals surface area contributed by atoms with Gasteiger partial charge in [-0.1, -0.05) is 31.2 Å². The Balaban J connectivity index is 1.39. The lowest BCUT2D eigenvalue weighted by molar-refractivity contribution is 0.0878. The van der Waals surface area contributed by atoms with Crippen molar-refractivity contribution in [2.45, 2.75) is 57.8 Å². The van der Waals surface area contributed by atoms with Gasteiger partial charge >= 0.3 is 0 Å². The zero-order chi connectivity index (χ0) is 19.7. The molecule has 0 aliphatic heterocycles. The fraction of sp³-hybridized carbons (Fsp3) is 0.391. The molecule has 0 spiro atoms. The Kier molecular flexibility index (Phi) is 5.07. The number of aromatic hydroxyl groups is 1. The molecule has 146 valence electrons. The number of phenols is 1. The molecule has 5 heteroatoms. The van der Waals surface area contributed by atoms with Crippen molar-refractivity contribution in [3.05, 3.63) is 63.6 Å². The maximum atomic E-state index is 12.6. The molecule has 1 atom stereocenters. The van der Waals surface area contributed by atoms with Gasteiger partial charge in [-0.05, 0) is 72.9 Å². The monoisotopic (exact) mass is 378 g/mol. The number of carbonyl (C=O) groups is 1. The highest BCUT2D eigenvalue weighted by molar-refractivity contribution is 5.84. The van der Waals surface area contributed by atoms with Crippen molar-refractivity contribution in [2.24, 2.45) is 0 Å². The van der Waals surface area contributed by atoms with Crippen LogP contribution in [0.15, 0.2) is 41.2 Å². The summed E-state index contributed by atoms with van der Waals surface area (Å²) in [5, 5.41) is 14.5. The Labute approximate surface area is 164 Å². The van der Waals surface area contributed by atoms with E-state index in [9.17, 15) is 14.7 Å². The van der Waals surface area contributed by atoms with E-state index in [1.807, 2.05) is 12.1 Å². The molecule has 1 aliphatic rings. The molecular weight excluding hydrogens is 352 g/mol. The normalized spacial score (nSPS) is 14.8. The Bertz CT molecular complexity index is 1080. The number of rotatable bonds is 5. The zero-order valence-electron chi connectivity index (χ0n) is 16.2. The molecule has 5 nitrogen and oxygen atoms in total. The molecule has 28 heavy (non-hydrogen) atoms. The topological polar surface area (TPSA) is 75.1 Å². The van der Waals surface area contributed by atoms with Gasteiger partial charge in [0.25, 0.3) is 5.56 Å². The molecular formula is C23H26N2O3. The number of aromatic amines is 1. The summed E-state index contributed by atoms with van der Waals surface area (Å²) in [4.78, 5) is 24.7. The standard InChI is InChI=1S/C23H26N2O3/c1-15(16-9-10-18-14-19(26)12-11-17(18)13-16)5-4-8-22(27)25-21-7-3-2-6-20(21)23(28)24-25/h9-15,26H,2-8H2,1H3,(H,24,28). The number of aromatic nitrogens is 2. The van der Waals surface area contributed by atoms with Crippen molar-refractivity contribution in [1.29, 1.82) is 0 Å². The van der Waals surface area contributed by atoms with Crippen molar-refractivity contribution >= 4 is 16.7 Å². The van der Waals surface area contributed by atoms with Gasteiger partial charge in [0.05, 0.1) is 5.69 Å². The van der Waals surface area contributed by atoms with Gasteiger partial charge in [-0.2, -0.15) is 0 Å². The first-order valence-corrected chi connectivity index (χ1v) is 10.1. The summed E-state index contributed by atoms with van der Waals surface area (Å²) >= 11 is 0. The SMILES string of the molecule is CC(CCCC(=O)n1[nH]c(=O)c2c1CCCC2)c1ccc2cc(O)ccc2c1. The Morgan fingerprint density at radius 2 is 1.89 bits per heavy atom. The van der Waals surface area contributed by atoms with Crippen LogP contribution in [-0.4, -0.2) is 20.8 Å². The summed E-state index contributed by atoms with van der Waals surface area (Å²) in [6.07, 6.45) is 5.77. The molecule has 1 unspecified atom stereocenters. The summed E-state index contributed by atoms with van der Waals surface area (Å²) < 4.78 is 1.50. The highest BCUT2D eigenvalue weighted by atomic mass is 16.3. The number of carbonyl (C=O) groups excluding carboxylic acids is 1. The summed E-state index contributed by atoms with van der Waals surface area (Å²) in [6, 6.07) is 11.7. The third kappa shape index (κ3) is 3.61. The minimum Gasteiger partial charge on any atom is -0.508 e. The van der Waals surface area contributed by atoms with Gasteiger partial charge in [0.2, 0.25) is 5.91 Å². The highest BCUT2D eigenvalue weighted by Crippen LogP contribution is 2.27. The van der Waals surface area contributed by atoms with Gasteiger partial charge in [0, 0.05) is 12.0 Å². The minimum atomic E-state index is -0.0985. The average molecular weight is 378 g/mol. The Hall–Kier alpha value is -2.82. The van der Waals surface area contributed by atoms with Crippen LogP contribution in [0, 0.1) is 0 Å². The number of benzene rings is 2. The van der Waals surface area contributed by atoms with Crippen LogP contribution < -0.4 is 5.56 Å². The number of phenolic OH excluding ortho intramolecular Hbond substituents is 1. The largest absolute Gasteiger partial charge is 0.508 e. The van der Waals surface area contributed by atoms with Gasteiger partial charge in [0.1, 0.15) is 5.75 Å². The second-order valence-electron chi connectivity index (χ2n) is 7.89. The first-order valence-electron chi connectivity index (χ1n) is 10.1. The lowest BCUT2D eigenvalue weighted by Gasteiger charge is -2.14. The molecule has 0 radical (unpaired) electrons. The van der Waals surface area contributed by atoms with Crippen LogP contribution in [0.5, 0.6) is 5.75 Å². The van der Waals surface area contributed by atoms with Crippen molar-refractivity contribution in [1.82, 2.24) is 9.78 Å². The molecule has 3 aromatic rings. The molecule has 0 fully saturated rings. The van der Waals surface area contributed by atoms with Crippen LogP contribution in [-0.2, 0) is 12.8 Å². The second kappa shape index (κ2) is 7.66. The van der Waals surface area contributed by atoms with E-state index >= 15 is 0 Å². The molecule has 1 aliphatic carbocycles. The predicted octanol–water partition coefficient (Wildman–Crippen LogP) is 4.53. The van der Waals surface area contributed by atoms with Crippen molar-refractivity contribution < 1.29 is 9.90 Å². The first kappa shape index (κ1) is 18.5. The summed E-state index contributed by atoms with van der Waals surface area (Å²) in [5.41, 5.74) is 2.83. The number of H-pyrrole nitrogens is 1. The third-order valence-electron chi connectivity index (χ3n) is 5.89. The Morgan fingerprint density at radius 1 is 1.14 bits per heavy atom. The number of hydrogen-bond acceptors (Lipinski definition) is 3. The van der Waals surface area contributed by atoms with Crippen LogP contribution >= 0.6 is 0 Å². The summed E-state index contributed by atoms with van der Waals surface area (Å²) in [5.74, 6) is 0.599. The number of fused-ring (bicyclic) bond motifs is 2. The fourth-order valence-corrected chi connectivity index (χ4v) is 4.23. The molecule has 2 N–H and O–H groups in total. The van der Waals surface area contributed by atoms with E-state index in [4.69, 9.17) is 0 Å². The first-order chi connectivity index (χ1) is 13.5. The smallest absolute Gasteiger partial charge is 0.267 e. The van der Waals surface area contributed by atoms with Crippen LogP contribution in [0.3, 0.4) is 0 Å². The molecule has 2 aromatic carbocycles. The fourth-order valence-electron chi connectivity index (χ4n) is 4.23. The van der Waals surface area contributed by atoms with Gasteiger partial charge < -0.3 is 5.11 Å². The second-order valence-corrected chi connectivity index (χ2v) is 7.89. The minimum absolute atomic E-state index is 0.0126. The van der Waals surface area contributed by atoms with E-state index in [0.717, 1.165) is 60.6 Å². The van der Waals surface area contributed by atoms with Crippen molar-refractivity contribution in [3.8, 4) is 5.75 Å². The van der Waals surface area contributed by atoms with E-state index in [-0.39, 0.29) is 17.2 Å². The zero-order valence-corrected chi connectivity index (χ0v) is 16.2. The highest BCUT2D eigenvalue weighted by Gasteiger charge is 2.21. The van der Waals surface area contributed by atoms with E-state index in [2.05, 4.69) is 24.2 Å². The van der Waals surface area contributed by atoms with Gasteiger partial charge in [-0.25, -0.2) is 4.68 Å². The third-order valence-corrected chi connectivity index (χ3v) is 5.89. The van der Waals surface area contributed by atoms with Crippen LogP contribution in [0.1, 0.15) is 66.6 Å². The maximum absolute atomic E-state index is 12.6. The van der Waals surface area contributed by atoms with Crippen molar-refractivity contribution in [2.75, 3.05) is 0 Å². The average Bonchev–Trinajstić information content (AvgIpc) is 3.04. The quantitative estimate of drug-likeness (QED) is 0.685. The predicted molar refractivity (Wildman–Crippen MR) is 110 cm³/mol. The molecule has 0 bridgehead atoms. The molecule has 1 heterocycles. The molecule has 0 saturated heterocycles. The van der Waals surface area contributed by atoms with Crippen LogP contribution in [0.2, 0.25) is 0 Å². The number of nitrogens with one attached hydrogen (secondary N) is 1. The van der Waals surface area contributed by atoms with Gasteiger partial charge in [-0.15, -0.1) is 0 Å². The lowest BCUT2D eigenvalue weighted by Crippen LogP contribution is -2.17. The van der Waals surface area contributed by atoms with E-state index in [1.165, 1.54) is 10.2 Å². The number of hydrogen-bond donors (Lipinski definition) is 2. The van der Waals surface area contributed by atoms with E-state index in [0.29, 0.717) is 12.3 Å². The maximum Gasteiger partial charge on any atom is 0.267 e. The van der Waals surface area contributed by atoms with Crippen LogP contribution in [0.25, 0.3) is 10.8 Å². The molecule has 1 aromatic heterocycles. The molecule has 0 saturated carbocycles. The summed E-state index contributed by atoms with van der Waals surface area (Å²) in [6.45, 7) is 2.17. The van der Waals surface area contributed by atoms with Gasteiger partial charge in [0.15, 0.2) is 0 Å². The molecule has 4 rings (SSSR count). The van der Waals surface area contributed by atoms with E-state index in [1.54, 1.807) is 12.1 Å². The lowest BCUT2D eigenvalue weighted by atomic mass is 9.93. The summed E-state index contributed by atoms with van der Waals surface area (Å²) in [7, 11) is 0. The molecule has 0 amide bonds. The van der Waals surface area contributed by atoms with Gasteiger partial charge in [-0.3, -0.25) is 14.7 Å². The Morgan fingerprint density at radius 3 is 2.75 bits per heavy atom. The number of nitrogens with zero attached hydrogens (tertiary/aromatic N) is 1. The van der Waals surface area contributed by atoms with Crippen LogP contribution in [0.4, 0.5) is 0 Å². The van der Waals surface area contributed by atoms with Crippen molar-refractivity contribution in [3.63, 3.8) is 0 Å². The van der Waals surface area contributed by atoms with E-state index < -0.39 is 0 Å².